The van der Waals surface area contributed by atoms with Crippen molar-refractivity contribution in [3.8, 4) is 22.5 Å². The summed E-state index contributed by atoms with van der Waals surface area (Å²) in [6, 6.07) is 71.7. The zero-order chi connectivity index (χ0) is 37.0. The minimum atomic E-state index is -0.272. The molecule has 2 aromatic heterocycles. The van der Waals surface area contributed by atoms with E-state index in [9.17, 15) is 0 Å². The number of hydrogen-bond donors (Lipinski definition) is 1. The minimum Gasteiger partial charge on any atom is -0.360 e. The number of aromatic nitrogens is 2. The van der Waals surface area contributed by atoms with Gasteiger partial charge in [-0.1, -0.05) is 146 Å². The van der Waals surface area contributed by atoms with Crippen molar-refractivity contribution in [2.24, 2.45) is 4.99 Å². The highest BCUT2D eigenvalue weighted by Crippen LogP contribution is 2.43. The summed E-state index contributed by atoms with van der Waals surface area (Å²) in [6.07, 6.45) is 1.97. The van der Waals surface area contributed by atoms with Crippen LogP contribution in [0.5, 0.6) is 0 Å². The predicted octanol–water partition coefficient (Wildman–Crippen LogP) is 12.7. The number of benzene rings is 8. The van der Waals surface area contributed by atoms with Crippen LogP contribution in [0.1, 0.15) is 22.9 Å². The molecule has 0 bridgehead atoms. The standard InChI is InChI=1S/C52H36N4/c1-5-18-35(19-6-1)45-34-46(54-52(53-45)36-20-7-2-8-21-36)43-33-50-44(39-26-13-15-29-47(39)56(50)38-24-11-4-12-25-38)32-42(43)40-28-17-31-49-51(40)41-27-14-16-30-48(41)55(49)37-22-9-3-10-23-37/h1-34,52-53H. The third-order valence-corrected chi connectivity index (χ3v) is 11.1. The molecule has 0 spiro atoms. The van der Waals surface area contributed by atoms with Crippen molar-refractivity contribution >= 4 is 55.0 Å². The van der Waals surface area contributed by atoms with Gasteiger partial charge < -0.3 is 14.5 Å². The lowest BCUT2D eigenvalue weighted by Crippen LogP contribution is -2.25. The Morgan fingerprint density at radius 3 is 1.66 bits per heavy atom. The molecule has 56 heavy (non-hydrogen) atoms. The van der Waals surface area contributed by atoms with Gasteiger partial charge in [-0.2, -0.15) is 0 Å². The van der Waals surface area contributed by atoms with Gasteiger partial charge in [0.2, 0.25) is 0 Å². The predicted molar refractivity (Wildman–Crippen MR) is 234 cm³/mol. The van der Waals surface area contributed by atoms with E-state index in [2.05, 4.69) is 221 Å². The van der Waals surface area contributed by atoms with Crippen molar-refractivity contribution in [1.29, 1.82) is 0 Å². The van der Waals surface area contributed by atoms with Gasteiger partial charge in [-0.15, -0.1) is 0 Å². The fourth-order valence-corrected chi connectivity index (χ4v) is 8.66. The Balaban J connectivity index is 1.27. The molecule has 4 nitrogen and oxygen atoms in total. The highest BCUT2D eigenvalue weighted by Gasteiger charge is 2.25. The first kappa shape index (κ1) is 32.0. The molecule has 0 fully saturated rings. The molecule has 0 radical (unpaired) electrons. The quantitative estimate of drug-likeness (QED) is 0.183. The molecule has 1 atom stereocenters. The zero-order valence-corrected chi connectivity index (χ0v) is 30.5. The maximum atomic E-state index is 5.56. The molecule has 0 amide bonds. The van der Waals surface area contributed by atoms with Gasteiger partial charge in [0, 0.05) is 44.2 Å². The summed E-state index contributed by atoms with van der Waals surface area (Å²) in [7, 11) is 0. The van der Waals surface area contributed by atoms with Crippen molar-refractivity contribution in [1.82, 2.24) is 14.5 Å². The zero-order valence-electron chi connectivity index (χ0n) is 30.5. The van der Waals surface area contributed by atoms with Crippen molar-refractivity contribution in [2.75, 3.05) is 0 Å². The second-order valence-corrected chi connectivity index (χ2v) is 14.4. The number of allylic oxidation sites excluding steroid dienone is 1. The van der Waals surface area contributed by atoms with Crippen LogP contribution in [-0.4, -0.2) is 14.8 Å². The lowest BCUT2D eigenvalue weighted by Gasteiger charge is -2.26. The molecule has 1 unspecified atom stereocenters. The van der Waals surface area contributed by atoms with Gasteiger partial charge in [0.05, 0.1) is 27.8 Å². The number of hydrogen-bond acceptors (Lipinski definition) is 2. The lowest BCUT2D eigenvalue weighted by atomic mass is 9.90. The molecule has 264 valence electrons. The molecule has 8 aromatic carbocycles. The van der Waals surface area contributed by atoms with Crippen LogP contribution >= 0.6 is 0 Å². The van der Waals surface area contributed by atoms with E-state index in [4.69, 9.17) is 4.99 Å². The van der Waals surface area contributed by atoms with E-state index < -0.39 is 0 Å². The summed E-state index contributed by atoms with van der Waals surface area (Å²) < 4.78 is 4.80. The van der Waals surface area contributed by atoms with Crippen molar-refractivity contribution in [3.05, 3.63) is 223 Å². The second-order valence-electron chi connectivity index (χ2n) is 14.4. The van der Waals surface area contributed by atoms with Crippen molar-refractivity contribution < 1.29 is 0 Å². The van der Waals surface area contributed by atoms with E-state index >= 15 is 0 Å². The lowest BCUT2D eigenvalue weighted by molar-refractivity contribution is 0.664. The van der Waals surface area contributed by atoms with E-state index in [-0.39, 0.29) is 6.17 Å². The van der Waals surface area contributed by atoms with Crippen LogP contribution in [0.4, 0.5) is 0 Å². The van der Waals surface area contributed by atoms with Crippen LogP contribution < -0.4 is 5.32 Å². The Labute approximate surface area is 324 Å². The van der Waals surface area contributed by atoms with Gasteiger partial charge in [0.1, 0.15) is 6.17 Å². The average molecular weight is 717 g/mol. The Kier molecular flexibility index (Phi) is 7.52. The van der Waals surface area contributed by atoms with Crippen LogP contribution in [0, 0.1) is 0 Å². The molecule has 1 aliphatic rings. The van der Waals surface area contributed by atoms with Gasteiger partial charge >= 0.3 is 0 Å². The first-order valence-electron chi connectivity index (χ1n) is 19.2. The fourth-order valence-electron chi connectivity index (χ4n) is 8.66. The number of rotatable bonds is 6. The maximum Gasteiger partial charge on any atom is 0.145 e. The molecule has 11 rings (SSSR count). The van der Waals surface area contributed by atoms with E-state index in [0.29, 0.717) is 0 Å². The molecule has 4 heteroatoms. The summed E-state index contributed by atoms with van der Waals surface area (Å²) in [5.74, 6) is 0. The Morgan fingerprint density at radius 2 is 0.964 bits per heavy atom. The van der Waals surface area contributed by atoms with Crippen LogP contribution in [0.3, 0.4) is 0 Å². The Bertz CT molecular complexity index is 3140. The van der Waals surface area contributed by atoms with Gasteiger partial charge in [-0.3, -0.25) is 4.99 Å². The number of para-hydroxylation sites is 4. The SMILES string of the molecule is C1=C(c2ccccc2)NC(c2ccccc2)N=C1c1cc2c(cc1-c1cccc3c1c1ccccc1n3-c1ccccc1)c1ccccc1n2-c1ccccc1. The van der Waals surface area contributed by atoms with Crippen LogP contribution in [0.25, 0.3) is 71.8 Å². The first-order valence-corrected chi connectivity index (χ1v) is 19.2. The number of nitrogens with zero attached hydrogens (tertiary/aromatic N) is 3. The molecule has 0 saturated heterocycles. The summed E-state index contributed by atoms with van der Waals surface area (Å²) in [4.78, 5) is 5.56. The van der Waals surface area contributed by atoms with E-state index in [0.717, 1.165) is 50.6 Å². The Hall–Kier alpha value is -7.43. The van der Waals surface area contributed by atoms with Gasteiger partial charge in [0.25, 0.3) is 0 Å². The third kappa shape index (κ3) is 5.19. The largest absolute Gasteiger partial charge is 0.360 e. The van der Waals surface area contributed by atoms with Crippen LogP contribution in [0.15, 0.2) is 211 Å². The number of aliphatic imine (C=N–C) groups is 1. The summed E-state index contributed by atoms with van der Waals surface area (Å²) in [5.41, 5.74) is 14.5. The fraction of sp³-hybridized carbons (Fsp3) is 0.0192. The number of nitrogens with one attached hydrogen (secondary N) is 1. The Morgan fingerprint density at radius 1 is 0.411 bits per heavy atom. The van der Waals surface area contributed by atoms with Crippen molar-refractivity contribution in [2.45, 2.75) is 6.17 Å². The molecule has 1 aliphatic heterocycles. The van der Waals surface area contributed by atoms with Crippen LogP contribution in [-0.2, 0) is 0 Å². The molecule has 3 heterocycles. The maximum absolute atomic E-state index is 5.56. The summed E-state index contributed by atoms with van der Waals surface area (Å²) in [6.45, 7) is 0. The average Bonchev–Trinajstić information content (AvgIpc) is 3.79. The monoisotopic (exact) mass is 716 g/mol. The van der Waals surface area contributed by atoms with Gasteiger partial charge in [0.15, 0.2) is 0 Å². The molecular formula is C52H36N4. The first-order chi connectivity index (χ1) is 27.8. The summed E-state index contributed by atoms with van der Waals surface area (Å²) >= 11 is 0. The number of fused-ring (bicyclic) bond motifs is 6. The topological polar surface area (TPSA) is 34.2 Å². The molecule has 0 saturated carbocycles. The van der Waals surface area contributed by atoms with Crippen LogP contribution in [0.2, 0.25) is 0 Å². The third-order valence-electron chi connectivity index (χ3n) is 11.1. The van der Waals surface area contributed by atoms with E-state index in [1.54, 1.807) is 0 Å². The highest BCUT2D eigenvalue weighted by atomic mass is 15.1. The van der Waals surface area contributed by atoms with Gasteiger partial charge in [-0.25, -0.2) is 0 Å². The van der Waals surface area contributed by atoms with E-state index in [1.807, 2.05) is 0 Å². The summed E-state index contributed by atoms with van der Waals surface area (Å²) in [5, 5.41) is 8.64. The second kappa shape index (κ2) is 13.2. The minimum absolute atomic E-state index is 0.272. The van der Waals surface area contributed by atoms with E-state index in [1.165, 1.54) is 43.7 Å². The molecule has 0 aliphatic carbocycles. The molecule has 10 aromatic rings. The van der Waals surface area contributed by atoms with Crippen molar-refractivity contribution in [3.63, 3.8) is 0 Å². The molecule has 1 N–H and O–H groups in total. The smallest absolute Gasteiger partial charge is 0.145 e. The normalized spacial score (nSPS) is 14.2. The molecular weight excluding hydrogens is 681 g/mol. The highest BCUT2D eigenvalue weighted by molar-refractivity contribution is 6.24. The van der Waals surface area contributed by atoms with Gasteiger partial charge in [-0.05, 0) is 82.9 Å².